The zero-order valence-corrected chi connectivity index (χ0v) is 22.9. The average Bonchev–Trinajstić information content (AvgIpc) is 2.87. The summed E-state index contributed by atoms with van der Waals surface area (Å²) < 4.78 is 27.0. The fraction of sp³-hybridized carbons (Fsp3) is 0.379. The van der Waals surface area contributed by atoms with Crippen molar-refractivity contribution in [2.24, 2.45) is 0 Å². The molecular formula is C29H37N3O4S. The lowest BCUT2D eigenvalue weighted by molar-refractivity contribution is -0.140. The zero-order chi connectivity index (χ0) is 27.0. The van der Waals surface area contributed by atoms with Gasteiger partial charge in [-0.1, -0.05) is 86.5 Å². The Kier molecular flexibility index (Phi) is 9.69. The van der Waals surface area contributed by atoms with Crippen LogP contribution in [0, 0.1) is 6.92 Å². The molecule has 198 valence electrons. The maximum Gasteiger partial charge on any atom is 0.244 e. The largest absolute Gasteiger partial charge is 0.354 e. The van der Waals surface area contributed by atoms with E-state index >= 15 is 0 Å². The first-order valence-corrected chi connectivity index (χ1v) is 14.6. The summed E-state index contributed by atoms with van der Waals surface area (Å²) in [6.07, 6.45) is 3.29. The van der Waals surface area contributed by atoms with Crippen LogP contribution in [-0.2, 0) is 26.2 Å². The molecule has 0 aliphatic rings. The Morgan fingerprint density at radius 3 is 2.27 bits per heavy atom. The number of anilines is 1. The quantitative estimate of drug-likeness (QED) is 0.351. The normalized spacial score (nSPS) is 12.2. The van der Waals surface area contributed by atoms with E-state index in [1.807, 2.05) is 75.4 Å². The fourth-order valence-corrected chi connectivity index (χ4v) is 5.20. The molecule has 0 aliphatic heterocycles. The predicted octanol–water partition coefficient (Wildman–Crippen LogP) is 4.64. The minimum atomic E-state index is -3.80. The van der Waals surface area contributed by atoms with Crippen molar-refractivity contribution in [2.45, 2.75) is 52.6 Å². The van der Waals surface area contributed by atoms with E-state index < -0.39 is 28.5 Å². The molecule has 0 saturated heterocycles. The molecule has 0 aromatic heterocycles. The monoisotopic (exact) mass is 523 g/mol. The van der Waals surface area contributed by atoms with Crippen molar-refractivity contribution in [3.8, 4) is 0 Å². The molecule has 0 heterocycles. The van der Waals surface area contributed by atoms with Crippen LogP contribution >= 0.6 is 0 Å². The first-order chi connectivity index (χ1) is 17.7. The molecule has 0 aliphatic carbocycles. The van der Waals surface area contributed by atoms with Gasteiger partial charge in [0.05, 0.1) is 11.9 Å². The van der Waals surface area contributed by atoms with Gasteiger partial charge in [0.2, 0.25) is 21.8 Å². The van der Waals surface area contributed by atoms with E-state index in [9.17, 15) is 18.0 Å². The van der Waals surface area contributed by atoms with Crippen molar-refractivity contribution >= 4 is 38.3 Å². The Bertz CT molecular complexity index is 1320. The number of benzene rings is 3. The number of hydrogen-bond acceptors (Lipinski definition) is 4. The molecular weight excluding hydrogens is 486 g/mol. The fourth-order valence-electron chi connectivity index (χ4n) is 4.34. The zero-order valence-electron chi connectivity index (χ0n) is 22.1. The van der Waals surface area contributed by atoms with Crippen molar-refractivity contribution in [3.05, 3.63) is 77.9 Å². The van der Waals surface area contributed by atoms with Crippen molar-refractivity contribution in [2.75, 3.05) is 23.7 Å². The van der Waals surface area contributed by atoms with E-state index in [1.54, 1.807) is 12.1 Å². The number of unbranched alkanes of at least 4 members (excludes halogenated alkanes) is 1. The van der Waals surface area contributed by atoms with Crippen LogP contribution in [0.25, 0.3) is 10.8 Å². The summed E-state index contributed by atoms with van der Waals surface area (Å²) in [6, 6.07) is 19.9. The molecule has 3 rings (SSSR count). The third-order valence-electron chi connectivity index (χ3n) is 6.40. The van der Waals surface area contributed by atoms with Gasteiger partial charge in [-0.2, -0.15) is 0 Å². The lowest BCUT2D eigenvalue weighted by Crippen LogP contribution is -2.52. The highest BCUT2D eigenvalue weighted by atomic mass is 32.2. The van der Waals surface area contributed by atoms with Gasteiger partial charge in [-0.05, 0) is 36.8 Å². The van der Waals surface area contributed by atoms with Gasteiger partial charge in [-0.15, -0.1) is 0 Å². The van der Waals surface area contributed by atoms with Crippen LogP contribution in [0.5, 0.6) is 0 Å². The maximum atomic E-state index is 13.9. The Hall–Kier alpha value is -3.39. The number of fused-ring (bicyclic) bond motifs is 1. The van der Waals surface area contributed by atoms with Crippen LogP contribution in [0.2, 0.25) is 0 Å². The molecule has 1 N–H and O–H groups in total. The Balaban J connectivity index is 1.98. The molecule has 2 amide bonds. The summed E-state index contributed by atoms with van der Waals surface area (Å²) in [5.41, 5.74) is 2.39. The SMILES string of the molecule is CCCCNC(=O)C(CC)N(Cc1ccc(C)cc1)C(=O)CN(c1cccc2ccccc12)S(C)(=O)=O. The van der Waals surface area contributed by atoms with Crippen molar-refractivity contribution in [1.82, 2.24) is 10.2 Å². The molecule has 0 spiro atoms. The first kappa shape index (κ1) is 28.2. The first-order valence-electron chi connectivity index (χ1n) is 12.7. The number of hydrogen-bond donors (Lipinski definition) is 1. The van der Waals surface area contributed by atoms with E-state index in [1.165, 1.54) is 4.90 Å². The number of aryl methyl sites for hydroxylation is 1. The van der Waals surface area contributed by atoms with Crippen LogP contribution in [-0.4, -0.2) is 50.5 Å². The molecule has 37 heavy (non-hydrogen) atoms. The summed E-state index contributed by atoms with van der Waals surface area (Å²) in [5, 5.41) is 4.55. The van der Waals surface area contributed by atoms with Crippen LogP contribution in [0.3, 0.4) is 0 Å². The van der Waals surface area contributed by atoms with Crippen molar-refractivity contribution in [3.63, 3.8) is 0 Å². The molecule has 8 heteroatoms. The Labute approximate surface area is 220 Å². The highest BCUT2D eigenvalue weighted by Crippen LogP contribution is 2.28. The molecule has 7 nitrogen and oxygen atoms in total. The predicted molar refractivity (Wildman–Crippen MR) is 150 cm³/mol. The van der Waals surface area contributed by atoms with Gasteiger partial charge in [-0.25, -0.2) is 8.42 Å². The van der Waals surface area contributed by atoms with Crippen LogP contribution in [0.15, 0.2) is 66.7 Å². The summed E-state index contributed by atoms with van der Waals surface area (Å²) in [5.74, 6) is -0.663. The van der Waals surface area contributed by atoms with Gasteiger partial charge < -0.3 is 10.2 Å². The van der Waals surface area contributed by atoms with Crippen LogP contribution < -0.4 is 9.62 Å². The Morgan fingerprint density at radius 1 is 0.946 bits per heavy atom. The van der Waals surface area contributed by atoms with Crippen LogP contribution in [0.4, 0.5) is 5.69 Å². The number of nitrogens with zero attached hydrogens (tertiary/aromatic N) is 2. The Morgan fingerprint density at radius 2 is 1.62 bits per heavy atom. The van der Waals surface area contributed by atoms with Gasteiger partial charge in [0.25, 0.3) is 0 Å². The van der Waals surface area contributed by atoms with E-state index in [0.29, 0.717) is 18.7 Å². The minimum Gasteiger partial charge on any atom is -0.354 e. The number of carbonyl (C=O) groups is 2. The van der Waals surface area contributed by atoms with Gasteiger partial charge in [-0.3, -0.25) is 13.9 Å². The summed E-state index contributed by atoms with van der Waals surface area (Å²) in [6.45, 7) is 6.21. The molecule has 0 saturated carbocycles. The van der Waals surface area contributed by atoms with E-state index in [-0.39, 0.29) is 12.5 Å². The average molecular weight is 524 g/mol. The molecule has 1 atom stereocenters. The molecule has 0 radical (unpaired) electrons. The minimum absolute atomic E-state index is 0.200. The third-order valence-corrected chi connectivity index (χ3v) is 7.53. The lowest BCUT2D eigenvalue weighted by atomic mass is 10.1. The molecule has 1 unspecified atom stereocenters. The van der Waals surface area contributed by atoms with E-state index in [0.717, 1.165) is 45.3 Å². The second-order valence-electron chi connectivity index (χ2n) is 9.34. The summed E-state index contributed by atoms with van der Waals surface area (Å²) in [4.78, 5) is 28.5. The molecule has 0 bridgehead atoms. The second-order valence-corrected chi connectivity index (χ2v) is 11.3. The topological polar surface area (TPSA) is 86.8 Å². The van der Waals surface area contributed by atoms with Crippen molar-refractivity contribution in [1.29, 1.82) is 0 Å². The highest BCUT2D eigenvalue weighted by Gasteiger charge is 2.32. The van der Waals surface area contributed by atoms with Gasteiger partial charge in [0.15, 0.2) is 0 Å². The number of rotatable bonds is 12. The number of carbonyl (C=O) groups excluding carboxylic acids is 2. The molecule has 0 fully saturated rings. The van der Waals surface area contributed by atoms with Gasteiger partial charge >= 0.3 is 0 Å². The van der Waals surface area contributed by atoms with E-state index in [4.69, 9.17) is 0 Å². The molecule has 3 aromatic rings. The van der Waals surface area contributed by atoms with E-state index in [2.05, 4.69) is 5.32 Å². The number of sulfonamides is 1. The second kappa shape index (κ2) is 12.7. The standard InChI is InChI=1S/C29H37N3O4S/c1-5-7-19-30-29(34)26(6-2)31(20-23-17-15-22(3)16-18-23)28(33)21-32(37(4,35)36)27-14-10-12-24-11-8-9-13-25(24)27/h8-18,26H,5-7,19-21H2,1-4H3,(H,30,34). The summed E-state index contributed by atoms with van der Waals surface area (Å²) >= 11 is 0. The third kappa shape index (κ3) is 7.32. The number of amides is 2. The van der Waals surface area contributed by atoms with Gasteiger partial charge in [0, 0.05) is 18.5 Å². The summed E-state index contributed by atoms with van der Waals surface area (Å²) in [7, 11) is -3.80. The smallest absolute Gasteiger partial charge is 0.244 e. The highest BCUT2D eigenvalue weighted by molar-refractivity contribution is 7.92. The number of nitrogens with one attached hydrogen (secondary N) is 1. The van der Waals surface area contributed by atoms with Gasteiger partial charge in [0.1, 0.15) is 12.6 Å². The lowest BCUT2D eigenvalue weighted by Gasteiger charge is -2.33. The maximum absolute atomic E-state index is 13.9. The van der Waals surface area contributed by atoms with Crippen molar-refractivity contribution < 1.29 is 18.0 Å². The molecule has 3 aromatic carbocycles. The van der Waals surface area contributed by atoms with Crippen LogP contribution in [0.1, 0.15) is 44.2 Å².